The molecule has 0 amide bonds. The van der Waals surface area contributed by atoms with Gasteiger partial charge < -0.3 is 15.2 Å². The summed E-state index contributed by atoms with van der Waals surface area (Å²) >= 11 is 0. The zero-order chi connectivity index (χ0) is 13.5. The number of nitrogens with two attached hydrogens (primary N) is 1. The minimum Gasteiger partial charge on any atom is -0.399 e. The minimum absolute atomic E-state index is 0.215. The zero-order valence-electron chi connectivity index (χ0n) is 11.8. The van der Waals surface area contributed by atoms with Gasteiger partial charge in [0.25, 0.3) is 0 Å². The van der Waals surface area contributed by atoms with Gasteiger partial charge in [-0.3, -0.25) is 0 Å². The average Bonchev–Trinajstić information content (AvgIpc) is 2.45. The number of hydrogen-bond acceptors (Lipinski definition) is 3. The molecule has 1 aromatic carbocycles. The van der Waals surface area contributed by atoms with Gasteiger partial charge in [-0.2, -0.15) is 0 Å². The van der Waals surface area contributed by atoms with E-state index in [0.29, 0.717) is 5.92 Å². The number of ether oxygens (including phenoxy) is 2. The molecule has 1 heterocycles. The first-order chi connectivity index (χ1) is 9.29. The molecule has 1 aliphatic heterocycles. The average molecular weight is 263 g/mol. The Kier molecular flexibility index (Phi) is 5.67. The molecule has 2 rings (SSSR count). The van der Waals surface area contributed by atoms with E-state index in [1.54, 1.807) is 0 Å². The van der Waals surface area contributed by atoms with Gasteiger partial charge >= 0.3 is 0 Å². The standard InChI is InChI=1S/C16H25NO2/c1-2-3-4-5-6-13-11-18-16(19-12-13)14-7-9-15(17)10-8-14/h7-10,13,16H,2-6,11-12,17H2,1H3. The first-order valence-electron chi connectivity index (χ1n) is 7.38. The van der Waals surface area contributed by atoms with Crippen molar-refractivity contribution >= 4 is 5.69 Å². The lowest BCUT2D eigenvalue weighted by atomic mass is 10.0. The molecule has 19 heavy (non-hydrogen) atoms. The summed E-state index contributed by atoms with van der Waals surface area (Å²) in [5.74, 6) is 0.557. The number of unbranched alkanes of at least 4 members (excludes halogenated alkanes) is 3. The predicted octanol–water partition coefficient (Wildman–Crippen LogP) is 3.90. The van der Waals surface area contributed by atoms with Gasteiger partial charge in [0.05, 0.1) is 13.2 Å². The number of hydrogen-bond donors (Lipinski definition) is 1. The van der Waals surface area contributed by atoms with E-state index in [-0.39, 0.29) is 6.29 Å². The smallest absolute Gasteiger partial charge is 0.183 e. The van der Waals surface area contributed by atoms with Crippen LogP contribution in [0.4, 0.5) is 5.69 Å². The Morgan fingerprint density at radius 3 is 2.37 bits per heavy atom. The predicted molar refractivity (Wildman–Crippen MR) is 77.7 cm³/mol. The Morgan fingerprint density at radius 1 is 1.05 bits per heavy atom. The number of nitrogen functional groups attached to an aromatic ring is 1. The van der Waals surface area contributed by atoms with Crippen molar-refractivity contribution in [3.63, 3.8) is 0 Å². The Bertz CT molecular complexity index is 356. The van der Waals surface area contributed by atoms with Gasteiger partial charge in [-0.15, -0.1) is 0 Å². The van der Waals surface area contributed by atoms with E-state index in [9.17, 15) is 0 Å². The quantitative estimate of drug-likeness (QED) is 0.625. The molecular formula is C16H25NO2. The highest BCUT2D eigenvalue weighted by Gasteiger charge is 2.22. The molecule has 0 aromatic heterocycles. The summed E-state index contributed by atoms with van der Waals surface area (Å²) in [5.41, 5.74) is 7.50. The Hall–Kier alpha value is -1.06. The first kappa shape index (κ1) is 14.4. The second kappa shape index (κ2) is 7.51. The van der Waals surface area contributed by atoms with Crippen LogP contribution < -0.4 is 5.73 Å². The third-order valence-corrected chi connectivity index (χ3v) is 3.64. The Labute approximate surface area is 116 Å². The van der Waals surface area contributed by atoms with Gasteiger partial charge in [-0.25, -0.2) is 0 Å². The van der Waals surface area contributed by atoms with Crippen LogP contribution in [0.2, 0.25) is 0 Å². The van der Waals surface area contributed by atoms with E-state index in [2.05, 4.69) is 6.92 Å². The molecule has 0 saturated carbocycles. The SMILES string of the molecule is CCCCCCC1COC(c2ccc(N)cc2)OC1. The van der Waals surface area contributed by atoms with Gasteiger partial charge in [0.1, 0.15) is 0 Å². The van der Waals surface area contributed by atoms with Gasteiger partial charge in [-0.05, 0) is 18.6 Å². The first-order valence-corrected chi connectivity index (χ1v) is 7.38. The lowest BCUT2D eigenvalue weighted by Crippen LogP contribution is -2.27. The van der Waals surface area contributed by atoms with Crippen molar-refractivity contribution in [2.75, 3.05) is 18.9 Å². The fourth-order valence-corrected chi connectivity index (χ4v) is 2.42. The van der Waals surface area contributed by atoms with Crippen molar-refractivity contribution in [2.24, 2.45) is 5.92 Å². The summed E-state index contributed by atoms with van der Waals surface area (Å²) in [7, 11) is 0. The number of rotatable bonds is 6. The van der Waals surface area contributed by atoms with Crippen LogP contribution in [0.1, 0.15) is 50.9 Å². The molecule has 3 nitrogen and oxygen atoms in total. The molecule has 1 aromatic rings. The van der Waals surface area contributed by atoms with Crippen molar-refractivity contribution in [3.8, 4) is 0 Å². The molecule has 0 spiro atoms. The highest BCUT2D eigenvalue weighted by Crippen LogP contribution is 2.27. The highest BCUT2D eigenvalue weighted by molar-refractivity contribution is 5.39. The molecule has 3 heteroatoms. The van der Waals surface area contributed by atoms with Crippen molar-refractivity contribution in [3.05, 3.63) is 29.8 Å². The molecule has 1 aliphatic rings. The molecule has 2 N–H and O–H groups in total. The van der Waals surface area contributed by atoms with Gasteiger partial charge in [0.2, 0.25) is 0 Å². The number of benzene rings is 1. The molecule has 0 radical (unpaired) electrons. The lowest BCUT2D eigenvalue weighted by molar-refractivity contribution is -0.206. The van der Waals surface area contributed by atoms with Crippen LogP contribution in [0.3, 0.4) is 0 Å². The molecule has 0 atom stereocenters. The maximum Gasteiger partial charge on any atom is 0.183 e. The van der Waals surface area contributed by atoms with Crippen molar-refractivity contribution in [1.82, 2.24) is 0 Å². The molecule has 106 valence electrons. The van der Waals surface area contributed by atoms with E-state index < -0.39 is 0 Å². The van der Waals surface area contributed by atoms with E-state index in [1.807, 2.05) is 24.3 Å². The van der Waals surface area contributed by atoms with E-state index in [4.69, 9.17) is 15.2 Å². The minimum atomic E-state index is -0.215. The van der Waals surface area contributed by atoms with Crippen LogP contribution in [0, 0.1) is 5.92 Å². The molecule has 0 unspecified atom stereocenters. The molecule has 0 aliphatic carbocycles. The van der Waals surface area contributed by atoms with Crippen LogP contribution >= 0.6 is 0 Å². The van der Waals surface area contributed by atoms with E-state index >= 15 is 0 Å². The maximum atomic E-state index is 5.81. The largest absolute Gasteiger partial charge is 0.399 e. The Balaban J connectivity index is 1.71. The van der Waals surface area contributed by atoms with Crippen LogP contribution in [-0.2, 0) is 9.47 Å². The summed E-state index contributed by atoms with van der Waals surface area (Å²) in [6.45, 7) is 3.85. The third-order valence-electron chi connectivity index (χ3n) is 3.64. The number of anilines is 1. The van der Waals surface area contributed by atoms with Crippen molar-refractivity contribution in [1.29, 1.82) is 0 Å². The molecule has 0 bridgehead atoms. The molecule has 1 fully saturated rings. The van der Waals surface area contributed by atoms with Crippen LogP contribution in [0.25, 0.3) is 0 Å². The van der Waals surface area contributed by atoms with E-state index in [1.165, 1.54) is 32.1 Å². The second-order valence-corrected chi connectivity index (χ2v) is 5.38. The lowest BCUT2D eigenvalue weighted by Gasteiger charge is -2.29. The monoisotopic (exact) mass is 263 g/mol. The van der Waals surface area contributed by atoms with Gasteiger partial charge in [0, 0.05) is 17.2 Å². The van der Waals surface area contributed by atoms with Crippen LogP contribution in [-0.4, -0.2) is 13.2 Å². The van der Waals surface area contributed by atoms with Gasteiger partial charge in [0.15, 0.2) is 6.29 Å². The fraction of sp³-hybridized carbons (Fsp3) is 0.625. The third kappa shape index (κ3) is 4.51. The topological polar surface area (TPSA) is 44.5 Å². The Morgan fingerprint density at radius 2 is 1.74 bits per heavy atom. The summed E-state index contributed by atoms with van der Waals surface area (Å²) in [4.78, 5) is 0. The zero-order valence-corrected chi connectivity index (χ0v) is 11.8. The van der Waals surface area contributed by atoms with Crippen molar-refractivity contribution in [2.45, 2.75) is 45.3 Å². The summed E-state index contributed by atoms with van der Waals surface area (Å²) in [5, 5.41) is 0. The summed E-state index contributed by atoms with van der Waals surface area (Å²) in [6, 6.07) is 7.72. The molecular weight excluding hydrogens is 238 g/mol. The van der Waals surface area contributed by atoms with Crippen LogP contribution in [0.15, 0.2) is 24.3 Å². The maximum absolute atomic E-state index is 5.81. The second-order valence-electron chi connectivity index (χ2n) is 5.38. The summed E-state index contributed by atoms with van der Waals surface area (Å²) in [6.07, 6.45) is 6.24. The fourth-order valence-electron chi connectivity index (χ4n) is 2.42. The highest BCUT2D eigenvalue weighted by atomic mass is 16.7. The van der Waals surface area contributed by atoms with Gasteiger partial charge in [-0.1, -0.05) is 44.7 Å². The molecule has 1 saturated heterocycles. The van der Waals surface area contributed by atoms with Crippen LogP contribution in [0.5, 0.6) is 0 Å². The van der Waals surface area contributed by atoms with Crippen molar-refractivity contribution < 1.29 is 9.47 Å². The summed E-state index contributed by atoms with van der Waals surface area (Å²) < 4.78 is 11.6. The van der Waals surface area contributed by atoms with E-state index in [0.717, 1.165) is 24.5 Å². The normalized spacial score (nSPS) is 23.4.